The normalized spacial score (nSPS) is 25.4. The topological polar surface area (TPSA) is 130 Å². The Morgan fingerprint density at radius 3 is 2.79 bits per heavy atom. The summed E-state index contributed by atoms with van der Waals surface area (Å²) in [6, 6.07) is 3.82. The van der Waals surface area contributed by atoms with Crippen molar-refractivity contribution in [3.8, 4) is 11.5 Å². The number of hydrogen-bond acceptors (Lipinski definition) is 8. The Kier molecular flexibility index (Phi) is 6.04. The number of nitroso groups, excluding NO2 is 1. The van der Waals surface area contributed by atoms with Gasteiger partial charge in [0.1, 0.15) is 11.2 Å². The summed E-state index contributed by atoms with van der Waals surface area (Å²) in [6.07, 6.45) is -0.00419. The molecule has 1 fully saturated rings. The van der Waals surface area contributed by atoms with E-state index < -0.39 is 42.2 Å². The van der Waals surface area contributed by atoms with E-state index in [0.717, 1.165) is 11.8 Å². The second-order valence-electron chi connectivity index (χ2n) is 7.92. The lowest BCUT2D eigenvalue weighted by atomic mass is 9.82. The van der Waals surface area contributed by atoms with Gasteiger partial charge in [0.05, 0.1) is 5.92 Å². The quantitative estimate of drug-likeness (QED) is 0.268. The Morgan fingerprint density at radius 2 is 2.09 bits per heavy atom. The SMILES string of the molecule is C[C@@H](NC(O)N1C(=O)[C@H](Cc2ccnc(Cl)c2)[C@H]1C(=O)N=O)c1ccc2c(c1)OC(C)(F)O2. The van der Waals surface area contributed by atoms with Crippen LogP contribution >= 0.6 is 11.6 Å². The highest BCUT2D eigenvalue weighted by Crippen LogP contribution is 2.41. The molecule has 0 bridgehead atoms. The molecule has 10 nitrogen and oxygen atoms in total. The van der Waals surface area contributed by atoms with Gasteiger partial charge in [-0.15, -0.1) is 4.91 Å². The zero-order valence-electron chi connectivity index (χ0n) is 17.6. The van der Waals surface area contributed by atoms with Gasteiger partial charge in [0.2, 0.25) is 5.91 Å². The van der Waals surface area contributed by atoms with Crippen LogP contribution in [0.15, 0.2) is 41.7 Å². The van der Waals surface area contributed by atoms with E-state index in [2.05, 4.69) is 15.5 Å². The number of carbonyl (C=O) groups excluding carboxylic acids is 2. The highest BCUT2D eigenvalue weighted by atomic mass is 35.5. The molecule has 33 heavy (non-hydrogen) atoms. The van der Waals surface area contributed by atoms with Crippen molar-refractivity contribution < 1.29 is 28.6 Å². The summed E-state index contributed by atoms with van der Waals surface area (Å²) in [5, 5.41) is 16.1. The van der Waals surface area contributed by atoms with Crippen LogP contribution in [0.25, 0.3) is 0 Å². The molecule has 2 amide bonds. The first-order valence-electron chi connectivity index (χ1n) is 10.0. The fraction of sp³-hybridized carbons (Fsp3) is 0.381. The third-order valence-electron chi connectivity index (χ3n) is 5.56. The maximum atomic E-state index is 13.9. The standard InChI is InChI=1S/C21H20ClFN4O6/c1-10(12-3-4-14-15(9-12)33-21(2,23)32-14)25-20(30)27-17(18(28)26-31)13(19(27)29)7-11-5-6-24-16(22)8-11/h3-6,8-10,13,17,20,25,30H,7H2,1-2H3/t10-,13-,17+,20?,21?/m1/s1. The van der Waals surface area contributed by atoms with E-state index in [-0.39, 0.29) is 23.1 Å². The number of nitrogens with one attached hydrogen (secondary N) is 1. The molecule has 174 valence electrons. The minimum atomic E-state index is -2.27. The summed E-state index contributed by atoms with van der Waals surface area (Å²) in [7, 11) is 0. The number of alkyl halides is 1. The number of aromatic nitrogens is 1. The average Bonchev–Trinajstić information content (AvgIpc) is 3.07. The van der Waals surface area contributed by atoms with Crippen molar-refractivity contribution in [2.75, 3.05) is 0 Å². The average molecular weight is 479 g/mol. The number of nitrogens with zero attached hydrogens (tertiary/aromatic N) is 3. The second-order valence-corrected chi connectivity index (χ2v) is 8.31. The maximum absolute atomic E-state index is 13.9. The molecule has 12 heteroatoms. The first-order chi connectivity index (χ1) is 15.6. The zero-order chi connectivity index (χ0) is 23.9. The van der Waals surface area contributed by atoms with Crippen molar-refractivity contribution in [1.82, 2.24) is 15.2 Å². The third kappa shape index (κ3) is 4.52. The lowest BCUT2D eigenvalue weighted by Gasteiger charge is -2.47. The fourth-order valence-corrected chi connectivity index (χ4v) is 4.18. The van der Waals surface area contributed by atoms with Gasteiger partial charge in [-0.25, -0.2) is 4.98 Å². The van der Waals surface area contributed by atoms with Gasteiger partial charge >= 0.3 is 11.9 Å². The number of carbonyl (C=O) groups is 2. The molecule has 0 spiro atoms. The number of halogens is 2. The Labute approximate surface area is 192 Å². The number of hydrogen-bond donors (Lipinski definition) is 2. The van der Waals surface area contributed by atoms with Gasteiger partial charge in [0.25, 0.3) is 0 Å². The molecular weight excluding hydrogens is 459 g/mol. The van der Waals surface area contributed by atoms with Crippen LogP contribution in [-0.4, -0.2) is 45.2 Å². The third-order valence-corrected chi connectivity index (χ3v) is 5.76. The Balaban J connectivity index is 1.47. The summed E-state index contributed by atoms with van der Waals surface area (Å²) < 4.78 is 24.0. The number of amides is 2. The van der Waals surface area contributed by atoms with Crippen molar-refractivity contribution in [1.29, 1.82) is 0 Å². The van der Waals surface area contributed by atoms with E-state index >= 15 is 0 Å². The monoisotopic (exact) mass is 478 g/mol. The van der Waals surface area contributed by atoms with E-state index in [1.807, 2.05) is 0 Å². The summed E-state index contributed by atoms with van der Waals surface area (Å²) in [6.45, 7) is 2.81. The van der Waals surface area contributed by atoms with Crippen LogP contribution in [0.2, 0.25) is 5.15 Å². The van der Waals surface area contributed by atoms with E-state index in [1.54, 1.807) is 25.1 Å². The summed E-state index contributed by atoms with van der Waals surface area (Å²) >= 11 is 5.87. The van der Waals surface area contributed by atoms with Crippen molar-refractivity contribution >= 4 is 23.4 Å². The lowest BCUT2D eigenvalue weighted by molar-refractivity contribution is -0.183. The predicted octanol–water partition coefficient (Wildman–Crippen LogP) is 2.44. The molecule has 5 atom stereocenters. The van der Waals surface area contributed by atoms with Crippen LogP contribution < -0.4 is 14.8 Å². The van der Waals surface area contributed by atoms with Gasteiger partial charge < -0.3 is 14.6 Å². The number of aliphatic hydroxyl groups is 1. The molecular formula is C21H20ClFN4O6. The molecule has 2 N–H and O–H groups in total. The maximum Gasteiger partial charge on any atom is 0.404 e. The van der Waals surface area contributed by atoms with Gasteiger partial charge in [0.15, 0.2) is 17.9 Å². The van der Waals surface area contributed by atoms with Crippen LogP contribution in [0, 0.1) is 10.8 Å². The van der Waals surface area contributed by atoms with Gasteiger partial charge in [0, 0.05) is 24.3 Å². The first-order valence-corrected chi connectivity index (χ1v) is 10.4. The molecule has 2 unspecified atom stereocenters. The molecule has 2 aliphatic heterocycles. The summed E-state index contributed by atoms with van der Waals surface area (Å²) in [5.74, 6) is -2.06. The van der Waals surface area contributed by atoms with Gasteiger partial charge in [-0.2, -0.15) is 4.39 Å². The van der Waals surface area contributed by atoms with E-state index in [1.165, 1.54) is 18.3 Å². The molecule has 2 aromatic rings. The fourth-order valence-electron chi connectivity index (χ4n) is 3.99. The number of rotatable bonds is 7. The predicted molar refractivity (Wildman–Crippen MR) is 113 cm³/mol. The Hall–Kier alpha value is -3.15. The van der Waals surface area contributed by atoms with Crippen LogP contribution in [0.1, 0.15) is 31.0 Å². The number of likely N-dealkylation sites (tertiary alicyclic amines) is 1. The van der Waals surface area contributed by atoms with Gasteiger partial charge in [-0.3, -0.25) is 19.8 Å². The van der Waals surface area contributed by atoms with Crippen LogP contribution in [0.5, 0.6) is 11.5 Å². The van der Waals surface area contributed by atoms with Crippen LogP contribution in [0.3, 0.4) is 0 Å². The molecule has 1 saturated heterocycles. The first kappa shape index (κ1) is 23.0. The molecule has 0 saturated carbocycles. The minimum Gasteiger partial charge on any atom is -0.423 e. The minimum absolute atomic E-state index is 0.121. The second kappa shape index (κ2) is 8.65. The molecule has 1 aromatic carbocycles. The molecule has 1 aromatic heterocycles. The molecule has 4 rings (SSSR count). The zero-order valence-corrected chi connectivity index (χ0v) is 18.3. The number of fused-ring (bicyclic) bond motifs is 1. The van der Waals surface area contributed by atoms with E-state index in [9.17, 15) is 24.0 Å². The Morgan fingerprint density at radius 1 is 1.36 bits per heavy atom. The number of benzene rings is 1. The van der Waals surface area contributed by atoms with Crippen molar-refractivity contribution in [3.63, 3.8) is 0 Å². The molecule has 0 radical (unpaired) electrons. The van der Waals surface area contributed by atoms with Gasteiger partial charge in [-0.1, -0.05) is 17.7 Å². The number of ether oxygens (including phenoxy) is 2. The number of pyridine rings is 1. The largest absolute Gasteiger partial charge is 0.423 e. The van der Waals surface area contributed by atoms with Crippen molar-refractivity contribution in [3.05, 3.63) is 57.7 Å². The lowest BCUT2D eigenvalue weighted by Crippen LogP contribution is -2.70. The Bertz CT molecular complexity index is 1120. The number of β-lactam (4-membered cyclic amide) rings is 1. The summed E-state index contributed by atoms with van der Waals surface area (Å²) in [5.41, 5.74) is 1.24. The molecule has 2 aliphatic rings. The number of aliphatic hydroxyl groups excluding tert-OH is 1. The highest BCUT2D eigenvalue weighted by Gasteiger charge is 2.54. The van der Waals surface area contributed by atoms with Crippen molar-refractivity contribution in [2.24, 2.45) is 11.1 Å². The van der Waals surface area contributed by atoms with Crippen LogP contribution in [-0.2, 0) is 16.0 Å². The molecule has 0 aliphatic carbocycles. The van der Waals surface area contributed by atoms with E-state index in [0.29, 0.717) is 11.1 Å². The van der Waals surface area contributed by atoms with Gasteiger partial charge in [-0.05, 0) is 48.7 Å². The van der Waals surface area contributed by atoms with Crippen molar-refractivity contribution in [2.45, 2.75) is 44.7 Å². The molecule has 3 heterocycles. The van der Waals surface area contributed by atoms with E-state index in [4.69, 9.17) is 21.1 Å². The smallest absolute Gasteiger partial charge is 0.404 e. The van der Waals surface area contributed by atoms with Crippen LogP contribution in [0.4, 0.5) is 4.39 Å². The highest BCUT2D eigenvalue weighted by molar-refractivity contribution is 6.29. The summed E-state index contributed by atoms with van der Waals surface area (Å²) in [4.78, 5) is 40.6.